The zero-order chi connectivity index (χ0) is 31.3. The lowest BCUT2D eigenvalue weighted by Gasteiger charge is -2.25. The number of carbonyl (C=O) groups excluding carboxylic acids is 1. The molecule has 1 aliphatic heterocycles. The Morgan fingerprint density at radius 1 is 1.23 bits per heavy atom. The van der Waals surface area contributed by atoms with Gasteiger partial charge in [0.25, 0.3) is 0 Å². The Bertz CT molecular complexity index is 1720. The summed E-state index contributed by atoms with van der Waals surface area (Å²) in [6.45, 7) is 5.73. The number of anilines is 1. The number of carbonyl (C=O) groups is 1. The van der Waals surface area contributed by atoms with Crippen LogP contribution in [0.4, 0.5) is 5.82 Å². The van der Waals surface area contributed by atoms with E-state index in [4.69, 9.17) is 24.3 Å². The number of benzene rings is 2. The van der Waals surface area contributed by atoms with E-state index in [0.29, 0.717) is 29.8 Å². The minimum absolute atomic E-state index is 0.169. The van der Waals surface area contributed by atoms with Crippen molar-refractivity contribution in [2.24, 2.45) is 5.92 Å². The zero-order valence-corrected chi connectivity index (χ0v) is 25.9. The number of aromatic nitrogens is 3. The molecule has 0 saturated carbocycles. The van der Waals surface area contributed by atoms with E-state index in [1.165, 1.54) is 6.33 Å². The number of nitrogens with one attached hydrogen (secondary N) is 1. The molecule has 0 bridgehead atoms. The van der Waals surface area contributed by atoms with Crippen LogP contribution in [0.1, 0.15) is 52.1 Å². The number of rotatable bonds is 13. The van der Waals surface area contributed by atoms with Crippen LogP contribution in [0.2, 0.25) is 0 Å². The summed E-state index contributed by atoms with van der Waals surface area (Å²) < 4.78 is 39.3. The van der Waals surface area contributed by atoms with Crippen molar-refractivity contribution >= 4 is 35.8 Å². The van der Waals surface area contributed by atoms with Crippen LogP contribution in [0.25, 0.3) is 16.3 Å². The van der Waals surface area contributed by atoms with Crippen LogP contribution in [0.15, 0.2) is 60.9 Å². The van der Waals surface area contributed by atoms with Crippen molar-refractivity contribution < 1.29 is 27.9 Å². The molecule has 0 spiro atoms. The molecular weight excluding hydrogens is 583 g/mol. The Balaban J connectivity index is 1.33. The number of nitrogen functional groups attached to an aromatic ring is 1. The van der Waals surface area contributed by atoms with Gasteiger partial charge in [0.2, 0.25) is 0 Å². The van der Waals surface area contributed by atoms with Gasteiger partial charge in [0.1, 0.15) is 29.7 Å². The molecule has 5 rings (SSSR count). The number of nitriles is 1. The number of nitrogens with zero attached hydrogens (tertiary/aromatic N) is 4. The van der Waals surface area contributed by atoms with Crippen LogP contribution in [0.3, 0.4) is 0 Å². The molecule has 4 aromatic rings. The summed E-state index contributed by atoms with van der Waals surface area (Å²) >= 11 is 0. The highest BCUT2D eigenvalue weighted by Gasteiger charge is 2.45. The van der Waals surface area contributed by atoms with E-state index in [1.54, 1.807) is 35.7 Å². The lowest BCUT2D eigenvalue weighted by molar-refractivity contribution is -0.146. The second-order valence-electron chi connectivity index (χ2n) is 10.9. The average molecular weight is 621 g/mol. The Labute approximate surface area is 256 Å². The summed E-state index contributed by atoms with van der Waals surface area (Å²) in [6.07, 6.45) is 3.24. The van der Waals surface area contributed by atoms with Crippen LogP contribution in [0, 0.1) is 17.2 Å². The largest absolute Gasteiger partial charge is 0.464 e. The molecule has 0 radical (unpaired) electrons. The van der Waals surface area contributed by atoms with Crippen molar-refractivity contribution in [3.05, 3.63) is 66.6 Å². The van der Waals surface area contributed by atoms with Gasteiger partial charge in [0.05, 0.1) is 25.0 Å². The highest BCUT2D eigenvalue weighted by Crippen LogP contribution is 2.47. The van der Waals surface area contributed by atoms with Gasteiger partial charge in [0.15, 0.2) is 11.4 Å². The highest BCUT2D eigenvalue weighted by molar-refractivity contribution is 7.52. The Morgan fingerprint density at radius 3 is 2.75 bits per heavy atom. The van der Waals surface area contributed by atoms with Gasteiger partial charge in [-0.05, 0) is 60.7 Å². The van der Waals surface area contributed by atoms with Gasteiger partial charge < -0.3 is 19.7 Å². The van der Waals surface area contributed by atoms with Gasteiger partial charge in [-0.25, -0.2) is 14.1 Å². The van der Waals surface area contributed by atoms with Crippen molar-refractivity contribution in [2.45, 2.75) is 64.2 Å². The van der Waals surface area contributed by atoms with E-state index in [-0.39, 0.29) is 24.9 Å². The minimum Gasteiger partial charge on any atom is -0.464 e. The normalized spacial score (nSPS) is 20.4. The lowest BCUT2D eigenvalue weighted by Crippen LogP contribution is -2.36. The van der Waals surface area contributed by atoms with Crippen molar-refractivity contribution in [3.63, 3.8) is 0 Å². The maximum atomic E-state index is 14.2. The fourth-order valence-electron chi connectivity index (χ4n) is 5.24. The third kappa shape index (κ3) is 6.71. The maximum Gasteiger partial charge on any atom is 0.459 e. The first-order chi connectivity index (χ1) is 21.2. The van der Waals surface area contributed by atoms with Gasteiger partial charge in [-0.15, -0.1) is 0 Å². The van der Waals surface area contributed by atoms with Crippen LogP contribution in [-0.4, -0.2) is 45.9 Å². The first-order valence-electron chi connectivity index (χ1n) is 14.7. The van der Waals surface area contributed by atoms with Crippen LogP contribution in [0.5, 0.6) is 5.75 Å². The summed E-state index contributed by atoms with van der Waals surface area (Å²) in [4.78, 5) is 16.8. The lowest BCUT2D eigenvalue weighted by atomic mass is 9.98. The summed E-state index contributed by atoms with van der Waals surface area (Å²) in [7, 11) is -4.16. The molecule has 2 aromatic heterocycles. The van der Waals surface area contributed by atoms with E-state index in [9.17, 15) is 14.6 Å². The molecule has 1 saturated heterocycles. The van der Waals surface area contributed by atoms with E-state index in [2.05, 4.69) is 21.2 Å². The number of nitrogens with two attached hydrogens (primary N) is 1. The molecule has 1 fully saturated rings. The predicted octanol–water partition coefficient (Wildman–Crippen LogP) is 5.52. The summed E-state index contributed by atoms with van der Waals surface area (Å²) in [5.41, 5.74) is 5.72. The molecular formula is C31H37N6O6P. The Morgan fingerprint density at radius 2 is 2.00 bits per heavy atom. The fourth-order valence-corrected chi connectivity index (χ4v) is 6.76. The Kier molecular flexibility index (Phi) is 9.51. The Hall–Kier alpha value is -4.01. The molecule has 2 unspecified atom stereocenters. The molecule has 2 aromatic carbocycles. The van der Waals surface area contributed by atoms with E-state index in [0.717, 1.165) is 23.6 Å². The molecule has 1 aliphatic rings. The van der Waals surface area contributed by atoms with Crippen molar-refractivity contribution in [3.8, 4) is 11.8 Å². The van der Waals surface area contributed by atoms with Crippen LogP contribution in [-0.2, 0) is 29.0 Å². The molecule has 232 valence electrons. The number of fused-ring (bicyclic) bond motifs is 2. The van der Waals surface area contributed by atoms with Crippen LogP contribution < -0.4 is 15.3 Å². The van der Waals surface area contributed by atoms with E-state index in [1.807, 2.05) is 44.2 Å². The fraction of sp³-hybridized carbons (Fsp3) is 0.419. The molecule has 13 heteroatoms. The van der Waals surface area contributed by atoms with E-state index < -0.39 is 31.5 Å². The number of ether oxygens (including phenoxy) is 2. The van der Waals surface area contributed by atoms with Gasteiger partial charge >= 0.3 is 13.7 Å². The standard InChI is InChI=1S/C31H37N6O6P/c1-4-22(5-2)17-40-30(38)21(3)36-44(39,43-25-11-10-23-8-6-7-9-24(23)16-25)41-18-26-14-15-31(19-32,42-26)28-13-12-27-29(33)34-20-35-37(27)28/h6-13,16,20-22,26H,4-5,14-15,17-18H2,1-3H3,(H,36,39)(H2,33,34,35)/t21-,26-,31?,44?/m0/s1. The number of hydrogen-bond acceptors (Lipinski definition) is 10. The quantitative estimate of drug-likeness (QED) is 0.143. The van der Waals surface area contributed by atoms with Crippen molar-refractivity contribution in [1.29, 1.82) is 5.26 Å². The first-order valence-corrected chi connectivity index (χ1v) is 16.3. The monoisotopic (exact) mass is 620 g/mol. The summed E-state index contributed by atoms with van der Waals surface area (Å²) in [6, 6.07) is 17.7. The highest BCUT2D eigenvalue weighted by atomic mass is 31.2. The molecule has 44 heavy (non-hydrogen) atoms. The second kappa shape index (κ2) is 13.3. The predicted molar refractivity (Wildman–Crippen MR) is 165 cm³/mol. The SMILES string of the molecule is CCC(CC)COC(=O)[C@H](C)NP(=O)(OC[C@@H]1CCC(C#N)(c2ccc3c(N)ncnn23)O1)Oc1ccc2ccccc2c1. The summed E-state index contributed by atoms with van der Waals surface area (Å²) in [5.74, 6) is 0.254. The minimum atomic E-state index is -4.16. The first kappa shape index (κ1) is 31.4. The van der Waals surface area contributed by atoms with Crippen molar-refractivity contribution in [1.82, 2.24) is 19.7 Å². The van der Waals surface area contributed by atoms with Gasteiger partial charge in [-0.3, -0.25) is 9.32 Å². The smallest absolute Gasteiger partial charge is 0.459 e. The van der Waals surface area contributed by atoms with Gasteiger partial charge in [-0.2, -0.15) is 15.4 Å². The number of hydrogen-bond donors (Lipinski definition) is 2. The molecule has 4 atom stereocenters. The van der Waals surface area contributed by atoms with Crippen molar-refractivity contribution in [2.75, 3.05) is 18.9 Å². The van der Waals surface area contributed by atoms with Gasteiger partial charge in [0, 0.05) is 0 Å². The average Bonchev–Trinajstić information content (AvgIpc) is 3.66. The van der Waals surface area contributed by atoms with Gasteiger partial charge in [-0.1, -0.05) is 57.0 Å². The zero-order valence-electron chi connectivity index (χ0n) is 25.0. The second-order valence-corrected chi connectivity index (χ2v) is 12.6. The molecule has 0 amide bonds. The molecule has 0 aliphatic carbocycles. The summed E-state index contributed by atoms with van der Waals surface area (Å²) in [5, 5.41) is 19.1. The molecule has 3 N–H and O–H groups in total. The van der Waals surface area contributed by atoms with Crippen LogP contribution >= 0.6 is 7.75 Å². The number of esters is 1. The third-order valence-electron chi connectivity index (χ3n) is 7.96. The topological polar surface area (TPSA) is 163 Å². The van der Waals surface area contributed by atoms with E-state index >= 15 is 0 Å². The maximum absolute atomic E-state index is 14.2. The third-order valence-corrected chi connectivity index (χ3v) is 9.60. The molecule has 3 heterocycles. The molecule has 12 nitrogen and oxygen atoms in total.